The maximum Gasteiger partial charge on any atom is 0.235 e. The van der Waals surface area contributed by atoms with Crippen molar-refractivity contribution in [2.75, 3.05) is 11.5 Å². The summed E-state index contributed by atoms with van der Waals surface area (Å²) in [5, 5.41) is 11.0. The molecule has 1 aliphatic carbocycles. The zero-order chi connectivity index (χ0) is 12.0. The Morgan fingerprint density at radius 2 is 2.00 bits per heavy atom. The zero-order valence-corrected chi connectivity index (χ0v) is 9.92. The number of nitrogens with zero attached hydrogens (tertiary/aromatic N) is 1. The Bertz CT molecular complexity index is 377. The van der Waals surface area contributed by atoms with Crippen LogP contribution in [0.2, 0.25) is 0 Å². The molecule has 1 fully saturated rings. The van der Waals surface area contributed by atoms with Gasteiger partial charge < -0.3 is 5.32 Å². The predicted octanol–water partition coefficient (Wildman–Crippen LogP) is 0.374. The standard InChI is InChI=1S/C10H16N2O3S/c11-6-3-7-16(14,15)8-10(13)12-9-4-1-2-5-9/h9H,1-5,7-8H2,(H,12,13). The lowest BCUT2D eigenvalue weighted by Gasteiger charge is -2.11. The first-order chi connectivity index (χ1) is 7.53. The lowest BCUT2D eigenvalue weighted by molar-refractivity contribution is -0.119. The fourth-order valence-corrected chi connectivity index (χ4v) is 2.84. The highest BCUT2D eigenvalue weighted by Gasteiger charge is 2.21. The van der Waals surface area contributed by atoms with Crippen molar-refractivity contribution >= 4 is 15.7 Å². The van der Waals surface area contributed by atoms with Crippen LogP contribution in [0.15, 0.2) is 0 Å². The Hall–Kier alpha value is -1.09. The van der Waals surface area contributed by atoms with Crippen molar-refractivity contribution in [3.05, 3.63) is 0 Å². The smallest absolute Gasteiger partial charge is 0.235 e. The number of hydrogen-bond acceptors (Lipinski definition) is 4. The normalized spacial score (nSPS) is 16.9. The van der Waals surface area contributed by atoms with Gasteiger partial charge in [-0.3, -0.25) is 4.79 Å². The van der Waals surface area contributed by atoms with Gasteiger partial charge in [-0.2, -0.15) is 5.26 Å². The lowest BCUT2D eigenvalue weighted by Crippen LogP contribution is -2.37. The Labute approximate surface area is 95.7 Å². The van der Waals surface area contributed by atoms with E-state index in [9.17, 15) is 13.2 Å². The molecular weight excluding hydrogens is 228 g/mol. The van der Waals surface area contributed by atoms with Crippen LogP contribution in [0, 0.1) is 11.3 Å². The van der Waals surface area contributed by atoms with Crippen LogP contribution in [0.3, 0.4) is 0 Å². The van der Waals surface area contributed by atoms with Crippen LogP contribution in [0.4, 0.5) is 0 Å². The second-order valence-electron chi connectivity index (χ2n) is 4.05. The average Bonchev–Trinajstić information content (AvgIpc) is 2.66. The SMILES string of the molecule is N#CCCS(=O)(=O)CC(=O)NC1CCCC1. The molecule has 90 valence electrons. The Morgan fingerprint density at radius 1 is 1.38 bits per heavy atom. The molecule has 1 N–H and O–H groups in total. The first-order valence-electron chi connectivity index (χ1n) is 5.40. The Balaban J connectivity index is 2.35. The third kappa shape index (κ3) is 4.62. The van der Waals surface area contributed by atoms with Gasteiger partial charge in [0, 0.05) is 12.5 Å². The molecule has 0 heterocycles. The molecule has 0 aromatic heterocycles. The molecule has 1 rings (SSSR count). The molecule has 0 spiro atoms. The first kappa shape index (κ1) is 13.0. The number of carbonyl (C=O) groups is 1. The van der Waals surface area contributed by atoms with E-state index in [-0.39, 0.29) is 18.2 Å². The summed E-state index contributed by atoms with van der Waals surface area (Å²) >= 11 is 0. The predicted molar refractivity (Wildman–Crippen MR) is 59.3 cm³/mol. The zero-order valence-electron chi connectivity index (χ0n) is 9.11. The van der Waals surface area contributed by atoms with E-state index in [1.807, 2.05) is 0 Å². The van der Waals surface area contributed by atoms with E-state index in [1.165, 1.54) is 0 Å². The second-order valence-corrected chi connectivity index (χ2v) is 6.23. The van der Waals surface area contributed by atoms with E-state index in [0.717, 1.165) is 25.7 Å². The maximum atomic E-state index is 11.4. The fourth-order valence-electron chi connectivity index (χ4n) is 1.81. The van der Waals surface area contributed by atoms with Crippen molar-refractivity contribution in [3.63, 3.8) is 0 Å². The molecule has 0 atom stereocenters. The topological polar surface area (TPSA) is 87.0 Å². The number of nitrogens with one attached hydrogen (secondary N) is 1. The lowest BCUT2D eigenvalue weighted by atomic mass is 10.2. The van der Waals surface area contributed by atoms with Crippen molar-refractivity contribution in [2.24, 2.45) is 0 Å². The number of amides is 1. The minimum atomic E-state index is -3.42. The molecule has 0 bridgehead atoms. The van der Waals surface area contributed by atoms with Gasteiger partial charge in [0.05, 0.1) is 11.8 Å². The monoisotopic (exact) mass is 244 g/mol. The van der Waals surface area contributed by atoms with Gasteiger partial charge >= 0.3 is 0 Å². The molecule has 0 radical (unpaired) electrons. The summed E-state index contributed by atoms with van der Waals surface area (Å²) in [5.74, 6) is -1.17. The van der Waals surface area contributed by atoms with Crippen LogP contribution >= 0.6 is 0 Å². The minimum absolute atomic E-state index is 0.0565. The quantitative estimate of drug-likeness (QED) is 0.757. The molecule has 5 nitrogen and oxygen atoms in total. The fraction of sp³-hybridized carbons (Fsp3) is 0.800. The van der Waals surface area contributed by atoms with Crippen LogP contribution in [0.25, 0.3) is 0 Å². The van der Waals surface area contributed by atoms with Gasteiger partial charge in [0.2, 0.25) is 5.91 Å². The molecule has 0 saturated heterocycles. The van der Waals surface area contributed by atoms with Gasteiger partial charge in [-0.15, -0.1) is 0 Å². The summed E-state index contributed by atoms with van der Waals surface area (Å²) in [7, 11) is -3.42. The van der Waals surface area contributed by atoms with Gasteiger partial charge in [0.1, 0.15) is 5.75 Å². The van der Waals surface area contributed by atoms with Gasteiger partial charge in [-0.25, -0.2) is 8.42 Å². The molecule has 1 saturated carbocycles. The van der Waals surface area contributed by atoms with Crippen molar-refractivity contribution < 1.29 is 13.2 Å². The van der Waals surface area contributed by atoms with E-state index >= 15 is 0 Å². The van der Waals surface area contributed by atoms with Crippen LogP contribution < -0.4 is 5.32 Å². The number of carbonyl (C=O) groups excluding carboxylic acids is 1. The van der Waals surface area contributed by atoms with Crippen molar-refractivity contribution in [3.8, 4) is 6.07 Å². The molecular formula is C10H16N2O3S. The molecule has 16 heavy (non-hydrogen) atoms. The summed E-state index contributed by atoms with van der Waals surface area (Å²) in [5.41, 5.74) is 0. The summed E-state index contributed by atoms with van der Waals surface area (Å²) in [6.45, 7) is 0. The number of rotatable bonds is 5. The number of hydrogen-bond donors (Lipinski definition) is 1. The molecule has 1 aliphatic rings. The molecule has 0 aliphatic heterocycles. The Kier molecular flexibility index (Phi) is 4.74. The summed E-state index contributed by atoms with van der Waals surface area (Å²) < 4.78 is 22.7. The third-order valence-electron chi connectivity index (χ3n) is 2.60. The highest BCUT2D eigenvalue weighted by molar-refractivity contribution is 7.92. The highest BCUT2D eigenvalue weighted by Crippen LogP contribution is 2.17. The summed E-state index contributed by atoms with van der Waals surface area (Å²) in [4.78, 5) is 11.4. The molecule has 0 aromatic rings. The average molecular weight is 244 g/mol. The van der Waals surface area contributed by atoms with Gasteiger partial charge in [-0.05, 0) is 12.8 Å². The van der Waals surface area contributed by atoms with Crippen molar-refractivity contribution in [1.29, 1.82) is 5.26 Å². The Morgan fingerprint density at radius 3 is 2.56 bits per heavy atom. The molecule has 6 heteroatoms. The van der Waals surface area contributed by atoms with E-state index in [2.05, 4.69) is 5.32 Å². The third-order valence-corrected chi connectivity index (χ3v) is 4.12. The maximum absolute atomic E-state index is 11.4. The summed E-state index contributed by atoms with van der Waals surface area (Å²) in [6, 6.07) is 1.90. The number of sulfone groups is 1. The molecule has 0 aromatic carbocycles. The van der Waals surface area contributed by atoms with E-state index in [0.29, 0.717) is 0 Å². The minimum Gasteiger partial charge on any atom is -0.352 e. The summed E-state index contributed by atoms with van der Waals surface area (Å²) in [6.07, 6.45) is 3.99. The van der Waals surface area contributed by atoms with E-state index in [1.54, 1.807) is 6.07 Å². The van der Waals surface area contributed by atoms with Crippen molar-refractivity contribution in [1.82, 2.24) is 5.32 Å². The van der Waals surface area contributed by atoms with Gasteiger partial charge in [-0.1, -0.05) is 12.8 Å². The van der Waals surface area contributed by atoms with Crippen molar-refractivity contribution in [2.45, 2.75) is 38.1 Å². The van der Waals surface area contributed by atoms with Crippen LogP contribution in [0.1, 0.15) is 32.1 Å². The second kappa shape index (κ2) is 5.85. The molecule has 0 unspecified atom stereocenters. The van der Waals surface area contributed by atoms with Crippen LogP contribution in [-0.2, 0) is 14.6 Å². The number of nitriles is 1. The van der Waals surface area contributed by atoms with E-state index < -0.39 is 21.5 Å². The largest absolute Gasteiger partial charge is 0.352 e. The van der Waals surface area contributed by atoms with Gasteiger partial charge in [0.15, 0.2) is 9.84 Å². The first-order valence-corrected chi connectivity index (χ1v) is 7.22. The highest BCUT2D eigenvalue weighted by atomic mass is 32.2. The van der Waals surface area contributed by atoms with Crippen LogP contribution in [-0.4, -0.2) is 31.9 Å². The molecule has 1 amide bonds. The van der Waals surface area contributed by atoms with Crippen LogP contribution in [0.5, 0.6) is 0 Å². The van der Waals surface area contributed by atoms with E-state index in [4.69, 9.17) is 5.26 Å². The van der Waals surface area contributed by atoms with Gasteiger partial charge in [0.25, 0.3) is 0 Å².